The summed E-state index contributed by atoms with van der Waals surface area (Å²) in [6.45, 7) is 14.6. The highest BCUT2D eigenvalue weighted by atomic mass is 16.3. The van der Waals surface area contributed by atoms with Gasteiger partial charge in [-0.05, 0) is 91.3 Å². The Labute approximate surface area is 179 Å². The molecule has 1 nitrogen and oxygen atoms in total. The van der Waals surface area contributed by atoms with Crippen LogP contribution in [-0.4, -0.2) is 11.2 Å². The molecule has 0 aromatic rings. The van der Waals surface area contributed by atoms with Gasteiger partial charge in [0.15, 0.2) is 0 Å². The Balaban J connectivity index is 1.57. The lowest BCUT2D eigenvalue weighted by molar-refractivity contribution is 0.0382. The van der Waals surface area contributed by atoms with Crippen molar-refractivity contribution < 1.29 is 5.11 Å². The molecule has 29 heavy (non-hydrogen) atoms. The zero-order valence-corrected chi connectivity index (χ0v) is 19.7. The highest BCUT2D eigenvalue weighted by molar-refractivity contribution is 5.39. The van der Waals surface area contributed by atoms with Crippen molar-refractivity contribution >= 4 is 0 Å². The normalized spacial score (nSPS) is 44.0. The third-order valence-electron chi connectivity index (χ3n) is 10.0. The monoisotopic (exact) mass is 396 g/mol. The molecule has 0 amide bonds. The summed E-state index contributed by atoms with van der Waals surface area (Å²) < 4.78 is 0. The molecule has 8 unspecified atom stereocenters. The quantitative estimate of drug-likeness (QED) is 0.493. The van der Waals surface area contributed by atoms with Crippen LogP contribution in [0.2, 0.25) is 0 Å². The Morgan fingerprint density at radius 1 is 0.931 bits per heavy atom. The van der Waals surface area contributed by atoms with Crippen LogP contribution in [0.25, 0.3) is 0 Å². The van der Waals surface area contributed by atoms with Crippen molar-refractivity contribution in [3.63, 3.8) is 0 Å². The predicted octanol–water partition coefficient (Wildman–Crippen LogP) is 7.33. The Kier molecular flexibility index (Phi) is 5.69. The van der Waals surface area contributed by atoms with E-state index in [1.807, 2.05) is 0 Å². The molecule has 4 aliphatic carbocycles. The predicted molar refractivity (Wildman–Crippen MR) is 123 cm³/mol. The molecular formula is C28H44O. The summed E-state index contributed by atoms with van der Waals surface area (Å²) >= 11 is 0. The average Bonchev–Trinajstić information content (AvgIpc) is 3.03. The number of hydrogen-bond donors (Lipinski definition) is 1. The second kappa shape index (κ2) is 7.70. The molecule has 1 N–H and O–H groups in total. The summed E-state index contributed by atoms with van der Waals surface area (Å²) in [5.74, 6) is 4.38. The Bertz CT molecular complexity index is 712. The van der Waals surface area contributed by atoms with Crippen molar-refractivity contribution in [3.8, 4) is 0 Å². The molecule has 8 atom stereocenters. The van der Waals surface area contributed by atoms with Gasteiger partial charge in [0.1, 0.15) is 0 Å². The van der Waals surface area contributed by atoms with E-state index < -0.39 is 0 Å². The van der Waals surface area contributed by atoms with E-state index >= 15 is 0 Å². The van der Waals surface area contributed by atoms with E-state index in [-0.39, 0.29) is 6.10 Å². The number of hydrogen-bond acceptors (Lipinski definition) is 1. The van der Waals surface area contributed by atoms with Gasteiger partial charge in [0, 0.05) is 0 Å². The van der Waals surface area contributed by atoms with Crippen LogP contribution in [0.1, 0.15) is 86.5 Å². The lowest BCUT2D eigenvalue weighted by Crippen LogP contribution is -2.46. The van der Waals surface area contributed by atoms with Gasteiger partial charge in [-0.15, -0.1) is 0 Å². The van der Waals surface area contributed by atoms with Crippen molar-refractivity contribution in [1.82, 2.24) is 0 Å². The molecule has 0 heterocycles. The molecule has 0 spiro atoms. The molecule has 0 saturated heterocycles. The van der Waals surface area contributed by atoms with Gasteiger partial charge >= 0.3 is 0 Å². The summed E-state index contributed by atoms with van der Waals surface area (Å²) in [5, 5.41) is 10.2. The minimum atomic E-state index is -0.116. The van der Waals surface area contributed by atoms with Crippen LogP contribution in [0, 0.1) is 46.3 Å². The average molecular weight is 397 g/mol. The van der Waals surface area contributed by atoms with Crippen LogP contribution in [0.3, 0.4) is 0 Å². The van der Waals surface area contributed by atoms with Crippen molar-refractivity contribution in [2.45, 2.75) is 92.6 Å². The van der Waals surface area contributed by atoms with Gasteiger partial charge in [-0.2, -0.15) is 0 Å². The van der Waals surface area contributed by atoms with Crippen LogP contribution in [0.15, 0.2) is 35.5 Å². The first-order valence-electron chi connectivity index (χ1n) is 12.4. The van der Waals surface area contributed by atoms with Gasteiger partial charge in [-0.1, -0.05) is 77.0 Å². The topological polar surface area (TPSA) is 20.2 Å². The highest BCUT2D eigenvalue weighted by Gasteiger charge is 2.56. The molecular weight excluding hydrogens is 352 g/mol. The lowest BCUT2D eigenvalue weighted by atomic mass is 9.50. The first kappa shape index (κ1) is 21.4. The zero-order chi connectivity index (χ0) is 21.0. The number of rotatable bonds is 4. The van der Waals surface area contributed by atoms with Crippen molar-refractivity contribution in [2.24, 2.45) is 46.3 Å². The van der Waals surface area contributed by atoms with E-state index in [0.717, 1.165) is 36.5 Å². The Hall–Kier alpha value is -0.820. The smallest absolute Gasteiger partial charge is 0.0578 e. The number of fused-ring (bicyclic) bond motifs is 5. The summed E-state index contributed by atoms with van der Waals surface area (Å²) in [6.07, 6.45) is 18.4. The summed E-state index contributed by atoms with van der Waals surface area (Å²) in [4.78, 5) is 0. The fourth-order valence-electron chi connectivity index (χ4n) is 7.59. The first-order chi connectivity index (χ1) is 13.7. The third kappa shape index (κ3) is 3.50. The summed E-state index contributed by atoms with van der Waals surface area (Å²) in [5.41, 5.74) is 4.07. The fourth-order valence-corrected chi connectivity index (χ4v) is 7.59. The molecule has 3 saturated carbocycles. The zero-order valence-electron chi connectivity index (χ0n) is 19.7. The lowest BCUT2D eigenvalue weighted by Gasteiger charge is -2.55. The van der Waals surface area contributed by atoms with Crippen LogP contribution >= 0.6 is 0 Å². The van der Waals surface area contributed by atoms with E-state index in [9.17, 15) is 5.11 Å². The largest absolute Gasteiger partial charge is 0.393 e. The van der Waals surface area contributed by atoms with Gasteiger partial charge in [0.2, 0.25) is 0 Å². The molecule has 0 aromatic heterocycles. The molecule has 4 aliphatic rings. The van der Waals surface area contributed by atoms with E-state index in [1.165, 1.54) is 37.7 Å². The van der Waals surface area contributed by atoms with E-state index in [4.69, 9.17) is 0 Å². The Morgan fingerprint density at radius 3 is 2.41 bits per heavy atom. The van der Waals surface area contributed by atoms with Crippen molar-refractivity contribution in [1.29, 1.82) is 0 Å². The van der Waals surface area contributed by atoms with Crippen molar-refractivity contribution in [3.05, 3.63) is 35.5 Å². The van der Waals surface area contributed by atoms with Gasteiger partial charge in [-0.3, -0.25) is 0 Å². The van der Waals surface area contributed by atoms with Crippen LogP contribution in [0.4, 0.5) is 0 Å². The van der Waals surface area contributed by atoms with Crippen LogP contribution < -0.4 is 0 Å². The molecule has 0 aliphatic heterocycles. The second-order valence-corrected chi connectivity index (χ2v) is 11.9. The number of allylic oxidation sites excluding steroid dienone is 5. The minimum Gasteiger partial charge on any atom is -0.393 e. The maximum Gasteiger partial charge on any atom is 0.0578 e. The second-order valence-electron chi connectivity index (χ2n) is 11.9. The Morgan fingerprint density at radius 2 is 1.69 bits per heavy atom. The molecule has 0 radical (unpaired) electrons. The molecule has 3 fully saturated rings. The fraction of sp³-hybridized carbons (Fsp3) is 0.786. The van der Waals surface area contributed by atoms with Crippen molar-refractivity contribution in [2.75, 3.05) is 0 Å². The van der Waals surface area contributed by atoms with Gasteiger partial charge < -0.3 is 5.11 Å². The number of aliphatic hydroxyl groups excluding tert-OH is 1. The van der Waals surface area contributed by atoms with Gasteiger partial charge in [-0.25, -0.2) is 0 Å². The first-order valence-corrected chi connectivity index (χ1v) is 12.4. The highest BCUT2D eigenvalue weighted by Crippen LogP contribution is 2.65. The van der Waals surface area contributed by atoms with E-state index in [2.05, 4.69) is 65.8 Å². The summed E-state index contributed by atoms with van der Waals surface area (Å²) in [6, 6.07) is 0. The van der Waals surface area contributed by atoms with E-state index in [0.29, 0.717) is 22.7 Å². The van der Waals surface area contributed by atoms with Gasteiger partial charge in [0.25, 0.3) is 0 Å². The molecule has 0 bridgehead atoms. The van der Waals surface area contributed by atoms with Gasteiger partial charge in [0.05, 0.1) is 6.10 Å². The minimum absolute atomic E-state index is 0.116. The SMILES string of the molecule is CC(C)C(C)/C=C\C(C)C1CCC2C3=CC=C4CC(O)CCC4(C)C3CCC21C. The molecule has 0 aromatic carbocycles. The molecule has 1 heteroatoms. The molecule has 4 rings (SSSR count). The maximum atomic E-state index is 10.2. The van der Waals surface area contributed by atoms with Crippen LogP contribution in [-0.2, 0) is 0 Å². The summed E-state index contributed by atoms with van der Waals surface area (Å²) in [7, 11) is 0. The van der Waals surface area contributed by atoms with E-state index in [1.54, 1.807) is 5.57 Å². The number of aliphatic hydroxyl groups is 1. The molecule has 162 valence electrons. The maximum absolute atomic E-state index is 10.2. The standard InChI is InChI=1S/C28H44O/c1-18(2)19(3)7-8-20(4)24-11-12-25-23-10-9-21-17-22(29)13-15-27(21,5)26(23)14-16-28(24,25)6/h7-10,18-20,22,24-26,29H,11-17H2,1-6H3/b8-7-. The van der Waals surface area contributed by atoms with Crippen LogP contribution in [0.5, 0.6) is 0 Å². The third-order valence-corrected chi connectivity index (χ3v) is 10.0.